The predicted molar refractivity (Wildman–Crippen MR) is 121 cm³/mol. The summed E-state index contributed by atoms with van der Waals surface area (Å²) in [7, 11) is 0. The van der Waals surface area contributed by atoms with Crippen LogP contribution in [0.25, 0.3) is 11.1 Å². The minimum Gasteiger partial charge on any atom is -0.490 e. The molecule has 3 rings (SSSR count). The van der Waals surface area contributed by atoms with Crippen LogP contribution in [0.2, 0.25) is 0 Å². The lowest BCUT2D eigenvalue weighted by atomic mass is 10.2. The van der Waals surface area contributed by atoms with Crippen molar-refractivity contribution in [3.8, 4) is 11.5 Å². The van der Waals surface area contributed by atoms with Crippen LogP contribution in [-0.2, 0) is 0 Å². The van der Waals surface area contributed by atoms with E-state index in [9.17, 15) is 9.18 Å². The highest BCUT2D eigenvalue weighted by Crippen LogP contribution is 2.32. The summed E-state index contributed by atoms with van der Waals surface area (Å²) < 4.78 is 24.4. The Morgan fingerprint density at radius 3 is 2.55 bits per heavy atom. The molecule has 0 fully saturated rings. The van der Waals surface area contributed by atoms with E-state index < -0.39 is 5.91 Å². The van der Waals surface area contributed by atoms with Crippen molar-refractivity contribution in [1.29, 1.82) is 0 Å². The highest BCUT2D eigenvalue weighted by atomic mass is 35.5. The molecule has 0 aliphatic carbocycles. The van der Waals surface area contributed by atoms with Gasteiger partial charge in [-0.3, -0.25) is 4.79 Å². The van der Waals surface area contributed by atoms with Crippen molar-refractivity contribution in [3.63, 3.8) is 0 Å². The maximum absolute atomic E-state index is 13.0. The number of nitrogens with one attached hydrogen (secondary N) is 1. The van der Waals surface area contributed by atoms with Crippen LogP contribution in [-0.4, -0.2) is 29.3 Å². The van der Waals surface area contributed by atoms with Crippen LogP contribution in [0.3, 0.4) is 0 Å². The number of benzene rings is 2. The summed E-state index contributed by atoms with van der Waals surface area (Å²) in [4.78, 5) is 12.3. The molecule has 0 aliphatic rings. The third-order valence-corrected chi connectivity index (χ3v) is 5.30. The van der Waals surface area contributed by atoms with Gasteiger partial charge in [-0.15, -0.1) is 10.2 Å². The van der Waals surface area contributed by atoms with Gasteiger partial charge in [-0.2, -0.15) is 0 Å². The molecule has 9 heteroatoms. The molecule has 0 aliphatic heterocycles. The van der Waals surface area contributed by atoms with Crippen LogP contribution in [0.1, 0.15) is 40.6 Å². The first kappa shape index (κ1) is 22.7. The van der Waals surface area contributed by atoms with Gasteiger partial charge >= 0.3 is 0 Å². The van der Waals surface area contributed by atoms with Gasteiger partial charge in [-0.1, -0.05) is 35.9 Å². The second-order valence-corrected chi connectivity index (χ2v) is 7.74. The van der Waals surface area contributed by atoms with Crippen LogP contribution >= 0.6 is 22.9 Å². The number of ether oxygens (including phenoxy) is 2. The van der Waals surface area contributed by atoms with Gasteiger partial charge in [0.2, 0.25) is 5.01 Å². The Morgan fingerprint density at radius 2 is 1.84 bits per heavy atom. The van der Waals surface area contributed by atoms with Crippen LogP contribution in [0, 0.1) is 5.82 Å². The van der Waals surface area contributed by atoms with Crippen molar-refractivity contribution >= 4 is 45.6 Å². The first-order valence-corrected chi connectivity index (χ1v) is 10.9. The third kappa shape index (κ3) is 6.26. The minimum absolute atomic E-state index is 0.143. The lowest BCUT2D eigenvalue weighted by Gasteiger charge is -2.12. The van der Waals surface area contributed by atoms with Crippen LogP contribution in [0.15, 0.2) is 42.5 Å². The number of carbonyl (C=O) groups is 1. The first-order chi connectivity index (χ1) is 15.0. The van der Waals surface area contributed by atoms with Gasteiger partial charge in [0.15, 0.2) is 16.5 Å². The zero-order valence-corrected chi connectivity index (χ0v) is 18.6. The molecule has 6 nitrogen and oxygen atoms in total. The first-order valence-electron chi connectivity index (χ1n) is 9.67. The summed E-state index contributed by atoms with van der Waals surface area (Å²) in [6, 6.07) is 11.0. The molecule has 0 unspecified atom stereocenters. The number of halogens is 2. The van der Waals surface area contributed by atoms with E-state index in [4.69, 9.17) is 21.1 Å². The fourth-order valence-corrected chi connectivity index (χ4v) is 3.48. The number of rotatable bonds is 9. The van der Waals surface area contributed by atoms with E-state index >= 15 is 0 Å². The smallest absolute Gasteiger partial charge is 0.286 e. The van der Waals surface area contributed by atoms with Crippen LogP contribution in [0.4, 0.5) is 10.1 Å². The van der Waals surface area contributed by atoms with Gasteiger partial charge in [-0.05, 0) is 61.4 Å². The molecule has 162 valence electrons. The Morgan fingerprint density at radius 1 is 1.10 bits per heavy atom. The molecule has 1 N–H and O–H groups in total. The summed E-state index contributed by atoms with van der Waals surface area (Å²) in [6.07, 6.45) is 2.61. The maximum atomic E-state index is 13.0. The minimum atomic E-state index is -0.448. The van der Waals surface area contributed by atoms with E-state index in [0.29, 0.717) is 40.4 Å². The summed E-state index contributed by atoms with van der Waals surface area (Å²) in [6.45, 7) is 5.04. The van der Waals surface area contributed by atoms with E-state index in [2.05, 4.69) is 15.5 Å². The molecule has 1 aromatic heterocycles. The molecule has 2 aromatic carbocycles. The second kappa shape index (κ2) is 10.9. The number of amides is 1. The molecule has 0 saturated carbocycles. The topological polar surface area (TPSA) is 73.3 Å². The summed E-state index contributed by atoms with van der Waals surface area (Å²) in [5.41, 5.74) is 1.25. The van der Waals surface area contributed by atoms with E-state index in [1.165, 1.54) is 24.3 Å². The monoisotopic (exact) mass is 461 g/mol. The van der Waals surface area contributed by atoms with Gasteiger partial charge in [0, 0.05) is 5.69 Å². The Labute approximate surface area is 188 Å². The van der Waals surface area contributed by atoms with Crippen LogP contribution in [0.5, 0.6) is 11.5 Å². The fraction of sp³-hybridized carbons (Fsp3) is 0.227. The number of hydrogen-bond donors (Lipinski definition) is 1. The van der Waals surface area contributed by atoms with Crippen molar-refractivity contribution in [2.45, 2.75) is 20.3 Å². The van der Waals surface area contributed by atoms with E-state index in [1.54, 1.807) is 6.08 Å². The van der Waals surface area contributed by atoms with E-state index in [0.717, 1.165) is 23.3 Å². The zero-order valence-electron chi connectivity index (χ0n) is 17.0. The third-order valence-electron chi connectivity index (χ3n) is 3.95. The van der Waals surface area contributed by atoms with Gasteiger partial charge in [0.1, 0.15) is 5.82 Å². The average molecular weight is 462 g/mol. The Bertz CT molecular complexity index is 1070. The molecule has 3 aromatic rings. The molecule has 0 bridgehead atoms. The normalized spacial score (nSPS) is 11.3. The van der Waals surface area contributed by atoms with E-state index in [1.807, 2.05) is 32.0 Å². The van der Waals surface area contributed by atoms with Crippen LogP contribution < -0.4 is 14.8 Å². The van der Waals surface area contributed by atoms with Crippen molar-refractivity contribution in [3.05, 3.63) is 63.9 Å². The maximum Gasteiger partial charge on any atom is 0.286 e. The molecular weight excluding hydrogens is 441 g/mol. The van der Waals surface area contributed by atoms with Gasteiger partial charge in [-0.25, -0.2) is 4.39 Å². The van der Waals surface area contributed by atoms with Crippen molar-refractivity contribution < 1.29 is 18.7 Å². The van der Waals surface area contributed by atoms with Gasteiger partial charge in [0.05, 0.1) is 18.2 Å². The lowest BCUT2D eigenvalue weighted by molar-refractivity contribution is 0.102. The molecule has 0 spiro atoms. The quantitative estimate of drug-likeness (QED) is 0.432. The van der Waals surface area contributed by atoms with Crippen molar-refractivity contribution in [1.82, 2.24) is 10.2 Å². The Hall–Kier alpha value is -2.97. The number of carbonyl (C=O) groups excluding carboxylic acids is 1. The molecule has 1 heterocycles. The SMILES string of the molecule is CCCOc1ccc(/C=C(\Cl)c2nnc(C(=O)Nc3ccc(F)cc3)s2)cc1OCC. The Balaban J connectivity index is 1.74. The molecule has 1 amide bonds. The van der Waals surface area contributed by atoms with E-state index in [-0.39, 0.29) is 10.8 Å². The molecule has 0 saturated heterocycles. The summed E-state index contributed by atoms with van der Waals surface area (Å²) >= 11 is 7.47. The molecule has 31 heavy (non-hydrogen) atoms. The number of nitrogens with zero attached hydrogens (tertiary/aromatic N) is 2. The number of anilines is 1. The van der Waals surface area contributed by atoms with Gasteiger partial charge < -0.3 is 14.8 Å². The highest BCUT2D eigenvalue weighted by molar-refractivity contribution is 7.15. The summed E-state index contributed by atoms with van der Waals surface area (Å²) in [5, 5.41) is 11.4. The van der Waals surface area contributed by atoms with Crippen molar-refractivity contribution in [2.75, 3.05) is 18.5 Å². The largest absolute Gasteiger partial charge is 0.490 e. The molecular formula is C22H21ClFN3O3S. The Kier molecular flexibility index (Phi) is 7.97. The molecule has 0 atom stereocenters. The highest BCUT2D eigenvalue weighted by Gasteiger charge is 2.15. The summed E-state index contributed by atoms with van der Waals surface area (Å²) in [5.74, 6) is 0.472. The fourth-order valence-electron chi connectivity index (χ4n) is 2.55. The number of hydrogen-bond acceptors (Lipinski definition) is 6. The lowest BCUT2D eigenvalue weighted by Crippen LogP contribution is -2.11. The molecule has 0 radical (unpaired) electrons. The van der Waals surface area contributed by atoms with Gasteiger partial charge in [0.25, 0.3) is 5.91 Å². The average Bonchev–Trinajstić information content (AvgIpc) is 3.26. The predicted octanol–water partition coefficient (Wildman–Crippen LogP) is 5.85. The second-order valence-electron chi connectivity index (χ2n) is 6.35. The number of aromatic nitrogens is 2. The standard InChI is InChI=1S/C22H21ClFN3O3S/c1-3-11-30-18-10-5-14(13-19(18)29-4-2)12-17(23)21-26-27-22(31-21)20(28)25-16-8-6-15(24)7-9-16/h5-10,12-13H,3-4,11H2,1-2H3,(H,25,28)/b17-12-. The van der Waals surface area contributed by atoms with Crippen molar-refractivity contribution in [2.24, 2.45) is 0 Å². The zero-order chi connectivity index (χ0) is 22.2.